The van der Waals surface area contributed by atoms with E-state index in [1.54, 1.807) is 35.9 Å². The van der Waals surface area contributed by atoms with Gasteiger partial charge in [0.25, 0.3) is 0 Å². The van der Waals surface area contributed by atoms with Gasteiger partial charge in [-0.1, -0.05) is 0 Å². The van der Waals surface area contributed by atoms with Crippen molar-refractivity contribution in [2.45, 2.75) is 26.5 Å². The van der Waals surface area contributed by atoms with E-state index in [0.717, 1.165) is 17.1 Å². The quantitative estimate of drug-likeness (QED) is 0.557. The van der Waals surface area contributed by atoms with Crippen LogP contribution < -0.4 is 10.6 Å². The van der Waals surface area contributed by atoms with Crippen molar-refractivity contribution in [3.63, 3.8) is 0 Å². The molecule has 3 N–H and O–H groups in total. The number of aryl methyl sites for hydroxylation is 1. The van der Waals surface area contributed by atoms with Crippen molar-refractivity contribution in [2.24, 2.45) is 4.99 Å². The first-order valence-corrected chi connectivity index (χ1v) is 8.02. The van der Waals surface area contributed by atoms with Crippen molar-refractivity contribution in [3.8, 4) is 0 Å². The molecule has 2 aromatic rings. The lowest BCUT2D eigenvalue weighted by atomic mass is 10.1. The van der Waals surface area contributed by atoms with Gasteiger partial charge in [-0.05, 0) is 31.5 Å². The molecule has 2 rings (SSSR count). The maximum Gasteiger partial charge on any atom is 0.191 e. The average molecular weight is 319 g/mol. The molecule has 0 radical (unpaired) electrons. The van der Waals surface area contributed by atoms with E-state index in [1.165, 1.54) is 4.88 Å². The van der Waals surface area contributed by atoms with Gasteiger partial charge in [0.15, 0.2) is 5.96 Å². The second kappa shape index (κ2) is 8.45. The number of nitrogens with one attached hydrogen (secondary N) is 2. The Hall–Kier alpha value is -1.99. The number of aliphatic hydroxyl groups is 1. The summed E-state index contributed by atoms with van der Waals surface area (Å²) in [4.78, 5) is 13.9. The van der Waals surface area contributed by atoms with E-state index < -0.39 is 6.10 Å². The van der Waals surface area contributed by atoms with Crippen molar-refractivity contribution in [2.75, 3.05) is 13.1 Å². The number of guanidine groups is 1. The van der Waals surface area contributed by atoms with Gasteiger partial charge in [-0.2, -0.15) is 0 Å². The Labute approximate surface area is 134 Å². The van der Waals surface area contributed by atoms with Gasteiger partial charge in [0, 0.05) is 36.6 Å². The standard InChI is InChI=1S/C15H21N5OS/c1-3-17-15(20-10-14-18-8-11(2)22-14)19-9-13(21)12-4-6-16-7-5-12/h4-8,13,21H,3,9-10H2,1-2H3,(H2,17,19,20). The third-order valence-corrected chi connectivity index (χ3v) is 3.84. The van der Waals surface area contributed by atoms with Crippen LogP contribution in [0.25, 0.3) is 0 Å². The second-order valence-corrected chi connectivity index (χ2v) is 6.06. The molecular weight excluding hydrogens is 298 g/mol. The highest BCUT2D eigenvalue weighted by Crippen LogP contribution is 2.12. The fourth-order valence-electron chi connectivity index (χ4n) is 1.86. The fraction of sp³-hybridized carbons (Fsp3) is 0.400. The fourth-order valence-corrected chi connectivity index (χ4v) is 2.57. The van der Waals surface area contributed by atoms with E-state index in [9.17, 15) is 5.11 Å². The number of nitrogens with zero attached hydrogens (tertiary/aromatic N) is 3. The lowest BCUT2D eigenvalue weighted by Gasteiger charge is -2.15. The molecule has 2 aromatic heterocycles. The molecule has 0 spiro atoms. The summed E-state index contributed by atoms with van der Waals surface area (Å²) >= 11 is 1.64. The first-order chi connectivity index (χ1) is 10.7. The number of thiazole rings is 1. The van der Waals surface area contributed by atoms with E-state index in [2.05, 4.69) is 25.6 Å². The van der Waals surface area contributed by atoms with Crippen LogP contribution in [0.2, 0.25) is 0 Å². The van der Waals surface area contributed by atoms with E-state index >= 15 is 0 Å². The summed E-state index contributed by atoms with van der Waals surface area (Å²) in [6.07, 6.45) is 4.59. The molecule has 0 aliphatic carbocycles. The van der Waals surface area contributed by atoms with Crippen LogP contribution in [-0.2, 0) is 6.54 Å². The zero-order valence-corrected chi connectivity index (χ0v) is 13.6. The molecule has 0 bridgehead atoms. The lowest BCUT2D eigenvalue weighted by molar-refractivity contribution is 0.180. The second-order valence-electron chi connectivity index (χ2n) is 4.74. The molecule has 0 aliphatic rings. The topological polar surface area (TPSA) is 82.4 Å². The predicted molar refractivity (Wildman–Crippen MR) is 88.9 cm³/mol. The Morgan fingerprint density at radius 1 is 1.36 bits per heavy atom. The van der Waals surface area contributed by atoms with Gasteiger partial charge in [-0.25, -0.2) is 9.98 Å². The summed E-state index contributed by atoms with van der Waals surface area (Å²) in [5, 5.41) is 17.4. The minimum absolute atomic E-state index is 0.382. The van der Waals surface area contributed by atoms with Gasteiger partial charge in [0.1, 0.15) is 5.01 Å². The van der Waals surface area contributed by atoms with Crippen LogP contribution in [-0.4, -0.2) is 34.1 Å². The molecule has 6 nitrogen and oxygen atoms in total. The highest BCUT2D eigenvalue weighted by Gasteiger charge is 2.08. The molecule has 0 aromatic carbocycles. The summed E-state index contributed by atoms with van der Waals surface area (Å²) in [6, 6.07) is 3.60. The molecule has 0 aliphatic heterocycles. The Morgan fingerprint density at radius 3 is 2.77 bits per heavy atom. The monoisotopic (exact) mass is 319 g/mol. The minimum atomic E-state index is -0.603. The summed E-state index contributed by atoms with van der Waals surface area (Å²) in [5.41, 5.74) is 0.828. The Bertz CT molecular complexity index is 599. The van der Waals surface area contributed by atoms with Crippen molar-refractivity contribution in [1.29, 1.82) is 0 Å². The Balaban J connectivity index is 1.90. The lowest BCUT2D eigenvalue weighted by Crippen LogP contribution is -2.39. The van der Waals surface area contributed by atoms with Gasteiger partial charge in [0.05, 0.1) is 12.6 Å². The molecule has 1 atom stereocenters. The van der Waals surface area contributed by atoms with Gasteiger partial charge >= 0.3 is 0 Å². The van der Waals surface area contributed by atoms with Crippen LogP contribution >= 0.6 is 11.3 Å². The van der Waals surface area contributed by atoms with Gasteiger partial charge in [-0.3, -0.25) is 4.98 Å². The van der Waals surface area contributed by atoms with E-state index in [1.807, 2.05) is 20.0 Å². The third-order valence-electron chi connectivity index (χ3n) is 2.94. The Morgan fingerprint density at radius 2 is 2.14 bits per heavy atom. The molecular formula is C15H21N5OS. The summed E-state index contributed by atoms with van der Waals surface area (Å²) in [6.45, 7) is 5.70. The molecule has 0 saturated carbocycles. The number of aliphatic imine (C=N–C) groups is 1. The zero-order valence-electron chi connectivity index (χ0n) is 12.8. The largest absolute Gasteiger partial charge is 0.387 e. The minimum Gasteiger partial charge on any atom is -0.387 e. The van der Waals surface area contributed by atoms with Gasteiger partial charge in [0.2, 0.25) is 0 Å². The number of aromatic nitrogens is 2. The number of aliphatic hydroxyl groups excluding tert-OH is 1. The van der Waals surface area contributed by atoms with Crippen LogP contribution in [0, 0.1) is 6.92 Å². The molecule has 0 fully saturated rings. The van der Waals surface area contributed by atoms with Crippen molar-refractivity contribution in [3.05, 3.63) is 46.2 Å². The van der Waals surface area contributed by atoms with Crippen LogP contribution in [0.15, 0.2) is 35.7 Å². The van der Waals surface area contributed by atoms with Crippen LogP contribution in [0.4, 0.5) is 0 Å². The zero-order chi connectivity index (χ0) is 15.8. The maximum absolute atomic E-state index is 10.1. The molecule has 1 unspecified atom stereocenters. The normalized spacial score (nSPS) is 13.0. The SMILES string of the molecule is CCNC(=NCc1ncc(C)s1)NCC(O)c1ccncc1. The number of hydrogen-bond donors (Lipinski definition) is 3. The van der Waals surface area contributed by atoms with Crippen molar-refractivity contribution in [1.82, 2.24) is 20.6 Å². The maximum atomic E-state index is 10.1. The molecule has 118 valence electrons. The molecule has 22 heavy (non-hydrogen) atoms. The predicted octanol–water partition coefficient (Wildman–Crippen LogP) is 1.64. The van der Waals surface area contributed by atoms with Crippen molar-refractivity contribution >= 4 is 17.3 Å². The summed E-state index contributed by atoms with van der Waals surface area (Å²) in [7, 11) is 0. The number of pyridine rings is 1. The highest BCUT2D eigenvalue weighted by molar-refractivity contribution is 7.11. The molecule has 0 amide bonds. The van der Waals surface area contributed by atoms with Crippen molar-refractivity contribution < 1.29 is 5.11 Å². The number of hydrogen-bond acceptors (Lipinski definition) is 5. The van der Waals surface area contributed by atoms with Gasteiger partial charge in [-0.15, -0.1) is 11.3 Å². The average Bonchev–Trinajstić information content (AvgIpc) is 2.96. The smallest absolute Gasteiger partial charge is 0.191 e. The molecule has 7 heteroatoms. The van der Waals surface area contributed by atoms with E-state index in [4.69, 9.17) is 0 Å². The van der Waals surface area contributed by atoms with Crippen LogP contribution in [0.1, 0.15) is 28.5 Å². The summed E-state index contributed by atoms with van der Waals surface area (Å²) in [5.74, 6) is 0.670. The highest BCUT2D eigenvalue weighted by atomic mass is 32.1. The van der Waals surface area contributed by atoms with E-state index in [0.29, 0.717) is 19.0 Å². The van der Waals surface area contributed by atoms with Crippen LogP contribution in [0.5, 0.6) is 0 Å². The third kappa shape index (κ3) is 5.09. The molecule has 0 saturated heterocycles. The first kappa shape index (κ1) is 16.4. The summed E-state index contributed by atoms with van der Waals surface area (Å²) < 4.78 is 0. The molecule has 2 heterocycles. The number of rotatable bonds is 6. The first-order valence-electron chi connectivity index (χ1n) is 7.20. The van der Waals surface area contributed by atoms with Gasteiger partial charge < -0.3 is 15.7 Å². The Kier molecular flexibility index (Phi) is 6.29. The van der Waals surface area contributed by atoms with E-state index in [-0.39, 0.29) is 0 Å². The van der Waals surface area contributed by atoms with Crippen LogP contribution in [0.3, 0.4) is 0 Å².